The minimum Gasteiger partial charge on any atom is -0.479 e. The minimum atomic E-state index is -0.752. The van der Waals surface area contributed by atoms with Gasteiger partial charge in [-0.3, -0.25) is 4.79 Å². The van der Waals surface area contributed by atoms with Crippen molar-refractivity contribution < 1.29 is 9.53 Å². The molecule has 0 bridgehead atoms. The second-order valence-corrected chi connectivity index (χ2v) is 6.22. The fourth-order valence-corrected chi connectivity index (χ4v) is 2.43. The Kier molecular flexibility index (Phi) is 6.23. The molecular weight excluding hydrogens is 347 g/mol. The fraction of sp³-hybridized carbons (Fsp3) is 0.222. The lowest BCUT2D eigenvalue weighted by atomic mass is 10.1. The van der Waals surface area contributed by atoms with Crippen LogP contribution in [-0.2, 0) is 4.79 Å². The number of nitrogens with one attached hydrogen (secondary N) is 1. The van der Waals surface area contributed by atoms with Crippen molar-refractivity contribution in [3.63, 3.8) is 0 Å². The van der Waals surface area contributed by atoms with Crippen molar-refractivity contribution >= 4 is 34.8 Å². The average molecular weight is 365 g/mol. The molecule has 0 aliphatic rings. The number of carbonyl (C=O) groups is 1. The molecule has 0 saturated heterocycles. The molecule has 0 aliphatic carbocycles. The number of nitrogens with zero attached hydrogens (tertiary/aromatic N) is 1. The third-order valence-corrected chi connectivity index (χ3v) is 3.87. The van der Waals surface area contributed by atoms with Gasteiger partial charge in [-0.1, -0.05) is 53.0 Å². The van der Waals surface area contributed by atoms with Gasteiger partial charge in [0, 0.05) is 5.02 Å². The Morgan fingerprint density at radius 2 is 1.96 bits per heavy atom. The maximum absolute atomic E-state index is 12.1. The first-order chi connectivity index (χ1) is 11.4. The van der Waals surface area contributed by atoms with Crippen LogP contribution in [0.25, 0.3) is 0 Å². The number of rotatable bonds is 5. The van der Waals surface area contributed by atoms with Gasteiger partial charge in [0.15, 0.2) is 6.10 Å². The van der Waals surface area contributed by atoms with E-state index in [2.05, 4.69) is 10.5 Å². The summed E-state index contributed by atoms with van der Waals surface area (Å²) >= 11 is 11.9. The third kappa shape index (κ3) is 4.98. The minimum absolute atomic E-state index is 0.349. The van der Waals surface area contributed by atoms with Gasteiger partial charge in [0.1, 0.15) is 5.75 Å². The van der Waals surface area contributed by atoms with E-state index < -0.39 is 6.10 Å². The summed E-state index contributed by atoms with van der Waals surface area (Å²) in [6.45, 7) is 5.45. The maximum Gasteiger partial charge on any atom is 0.280 e. The standard InChI is InChI=1S/C18H18Cl2N2O2/c1-11-5-4-6-14(9-11)12(2)21-22-18(23)13(3)24-17-8-7-15(19)10-16(17)20/h4-10,13H,1-3H3,(H,22,23)/b21-12+. The van der Waals surface area contributed by atoms with Gasteiger partial charge in [-0.05, 0) is 44.5 Å². The highest BCUT2D eigenvalue weighted by Gasteiger charge is 2.16. The molecule has 0 fully saturated rings. The van der Waals surface area contributed by atoms with Crippen LogP contribution in [0.3, 0.4) is 0 Å². The van der Waals surface area contributed by atoms with E-state index in [1.54, 1.807) is 25.1 Å². The first kappa shape index (κ1) is 18.3. The van der Waals surface area contributed by atoms with Crippen LogP contribution in [0.4, 0.5) is 0 Å². The first-order valence-corrected chi connectivity index (χ1v) is 8.15. The summed E-state index contributed by atoms with van der Waals surface area (Å²) in [6, 6.07) is 12.7. The molecule has 0 radical (unpaired) electrons. The molecule has 0 aliphatic heterocycles. The molecule has 0 heterocycles. The van der Waals surface area contributed by atoms with E-state index in [1.165, 1.54) is 0 Å². The smallest absolute Gasteiger partial charge is 0.280 e. The molecule has 0 saturated carbocycles. The lowest BCUT2D eigenvalue weighted by molar-refractivity contribution is -0.127. The van der Waals surface area contributed by atoms with E-state index in [0.717, 1.165) is 11.1 Å². The molecule has 0 spiro atoms. The Bertz CT molecular complexity index is 775. The molecule has 2 aromatic carbocycles. The summed E-state index contributed by atoms with van der Waals surface area (Å²) < 4.78 is 5.55. The highest BCUT2D eigenvalue weighted by molar-refractivity contribution is 6.35. The van der Waals surface area contributed by atoms with Crippen LogP contribution in [0.15, 0.2) is 47.6 Å². The summed E-state index contributed by atoms with van der Waals surface area (Å²) in [7, 11) is 0. The number of aryl methyl sites for hydroxylation is 1. The first-order valence-electron chi connectivity index (χ1n) is 7.39. The molecule has 4 nitrogen and oxygen atoms in total. The summed E-state index contributed by atoms with van der Waals surface area (Å²) in [6.07, 6.45) is -0.752. The molecule has 1 amide bonds. The van der Waals surface area contributed by atoms with Gasteiger partial charge in [0.2, 0.25) is 0 Å². The molecule has 2 rings (SSSR count). The van der Waals surface area contributed by atoms with Crippen molar-refractivity contribution in [2.45, 2.75) is 26.9 Å². The number of amides is 1. The monoisotopic (exact) mass is 364 g/mol. The van der Waals surface area contributed by atoms with E-state index in [9.17, 15) is 4.79 Å². The van der Waals surface area contributed by atoms with Crippen molar-refractivity contribution in [3.8, 4) is 5.75 Å². The van der Waals surface area contributed by atoms with E-state index in [4.69, 9.17) is 27.9 Å². The molecule has 24 heavy (non-hydrogen) atoms. The molecule has 0 aromatic heterocycles. The van der Waals surface area contributed by atoms with Crippen LogP contribution in [0.2, 0.25) is 10.0 Å². The van der Waals surface area contributed by atoms with Crippen molar-refractivity contribution in [1.29, 1.82) is 0 Å². The summed E-state index contributed by atoms with van der Waals surface area (Å²) in [5.74, 6) is 0.0242. The van der Waals surface area contributed by atoms with Gasteiger partial charge < -0.3 is 4.74 Å². The maximum atomic E-state index is 12.1. The van der Waals surface area contributed by atoms with Crippen molar-refractivity contribution in [2.75, 3.05) is 0 Å². The van der Waals surface area contributed by atoms with Crippen molar-refractivity contribution in [3.05, 3.63) is 63.6 Å². The second kappa shape index (κ2) is 8.18. The molecule has 2 aromatic rings. The summed E-state index contributed by atoms with van der Waals surface area (Å²) in [4.78, 5) is 12.1. The number of carbonyl (C=O) groups excluding carboxylic acids is 1. The van der Waals surface area contributed by atoms with Gasteiger partial charge in [-0.2, -0.15) is 5.10 Å². The zero-order valence-corrected chi connectivity index (χ0v) is 15.2. The second-order valence-electron chi connectivity index (χ2n) is 5.38. The van der Waals surface area contributed by atoms with E-state index in [1.807, 2.05) is 38.1 Å². The molecule has 1 N–H and O–H groups in total. The van der Waals surface area contributed by atoms with Crippen LogP contribution in [-0.4, -0.2) is 17.7 Å². The lowest BCUT2D eigenvalue weighted by Crippen LogP contribution is -2.34. The van der Waals surface area contributed by atoms with E-state index in [-0.39, 0.29) is 5.91 Å². The quantitative estimate of drug-likeness (QED) is 0.621. The van der Waals surface area contributed by atoms with Crippen LogP contribution in [0, 0.1) is 6.92 Å². The largest absolute Gasteiger partial charge is 0.479 e. The number of hydrazone groups is 1. The number of benzene rings is 2. The topological polar surface area (TPSA) is 50.7 Å². The number of halogens is 2. The Labute approximate surface area is 151 Å². The highest BCUT2D eigenvalue weighted by Crippen LogP contribution is 2.28. The Hall–Kier alpha value is -2.04. The summed E-state index contributed by atoms with van der Waals surface area (Å²) in [5.41, 5.74) is 5.29. The van der Waals surface area contributed by atoms with Crippen LogP contribution >= 0.6 is 23.2 Å². The number of hydrogen-bond donors (Lipinski definition) is 1. The molecule has 1 atom stereocenters. The van der Waals surface area contributed by atoms with Gasteiger partial charge in [-0.25, -0.2) is 5.43 Å². The Morgan fingerprint density at radius 3 is 2.62 bits per heavy atom. The molecule has 6 heteroatoms. The van der Waals surface area contributed by atoms with Crippen LogP contribution < -0.4 is 10.2 Å². The van der Waals surface area contributed by atoms with Crippen LogP contribution in [0.1, 0.15) is 25.0 Å². The SMILES string of the molecule is C/C(=N\NC(=O)C(C)Oc1ccc(Cl)cc1Cl)c1cccc(C)c1. The van der Waals surface area contributed by atoms with Gasteiger partial charge in [-0.15, -0.1) is 0 Å². The average Bonchev–Trinajstić information content (AvgIpc) is 2.54. The third-order valence-electron chi connectivity index (χ3n) is 3.34. The zero-order valence-electron chi connectivity index (χ0n) is 13.6. The predicted octanol–water partition coefficient (Wildman–Crippen LogP) is 4.61. The number of hydrogen-bond acceptors (Lipinski definition) is 3. The van der Waals surface area contributed by atoms with Gasteiger partial charge in [0.25, 0.3) is 5.91 Å². The van der Waals surface area contributed by atoms with Gasteiger partial charge in [0.05, 0.1) is 10.7 Å². The number of ether oxygens (including phenoxy) is 1. The van der Waals surface area contributed by atoms with Crippen molar-refractivity contribution in [2.24, 2.45) is 5.10 Å². The zero-order chi connectivity index (χ0) is 17.7. The molecule has 1 unspecified atom stereocenters. The highest BCUT2D eigenvalue weighted by atomic mass is 35.5. The predicted molar refractivity (Wildman–Crippen MR) is 98.1 cm³/mol. The van der Waals surface area contributed by atoms with Gasteiger partial charge >= 0.3 is 0 Å². The fourth-order valence-electron chi connectivity index (χ4n) is 1.98. The van der Waals surface area contributed by atoms with Crippen molar-refractivity contribution in [1.82, 2.24) is 5.43 Å². The molecule has 126 valence electrons. The van der Waals surface area contributed by atoms with Crippen LogP contribution in [0.5, 0.6) is 5.75 Å². The Morgan fingerprint density at radius 1 is 1.21 bits per heavy atom. The Balaban J connectivity index is 1.99. The normalized spacial score (nSPS) is 12.6. The van der Waals surface area contributed by atoms with E-state index >= 15 is 0 Å². The van der Waals surface area contributed by atoms with E-state index in [0.29, 0.717) is 21.5 Å². The summed E-state index contributed by atoms with van der Waals surface area (Å²) in [5, 5.41) is 4.97. The lowest BCUT2D eigenvalue weighted by Gasteiger charge is -2.14. The molecular formula is C18H18Cl2N2O2.